The molecule has 0 aliphatic heterocycles. The number of halogens is 1. The second-order valence-corrected chi connectivity index (χ2v) is 6.63. The number of hydrogen-bond donors (Lipinski definition) is 4. The van der Waals surface area contributed by atoms with Crippen molar-refractivity contribution in [3.8, 4) is 11.5 Å². The lowest BCUT2D eigenvalue weighted by Crippen LogP contribution is -2.39. The molecule has 0 bridgehead atoms. The van der Waals surface area contributed by atoms with E-state index in [1.165, 1.54) is 0 Å². The molecule has 154 valence electrons. The molecule has 4 N–H and O–H groups in total. The first kappa shape index (κ1) is 25.1. The second kappa shape index (κ2) is 12.5. The summed E-state index contributed by atoms with van der Waals surface area (Å²) in [6.07, 6.45) is 0.290. The fraction of sp³-hybridized carbons (Fsp3) is 0.556. The number of carbonyl (C=O) groups excluding carboxylic acids is 1. The van der Waals surface area contributed by atoms with Crippen molar-refractivity contribution < 1.29 is 19.4 Å². The maximum atomic E-state index is 11.5. The SMILES string of the molecule is CN=C(NCCCNC(=O)OC(C)(C)C)NCc1cc(OC)ccc1O.I. The number of phenols is 1. The number of rotatable bonds is 7. The number of nitrogens with zero attached hydrogens (tertiary/aromatic N) is 1. The van der Waals surface area contributed by atoms with Crippen molar-refractivity contribution in [2.24, 2.45) is 4.99 Å². The lowest BCUT2D eigenvalue weighted by molar-refractivity contribution is 0.0527. The molecule has 0 aliphatic carbocycles. The van der Waals surface area contributed by atoms with Crippen molar-refractivity contribution in [3.05, 3.63) is 23.8 Å². The summed E-state index contributed by atoms with van der Waals surface area (Å²) >= 11 is 0. The number of amides is 1. The van der Waals surface area contributed by atoms with E-state index in [1.807, 2.05) is 20.8 Å². The van der Waals surface area contributed by atoms with E-state index in [-0.39, 0.29) is 29.7 Å². The van der Waals surface area contributed by atoms with Gasteiger partial charge in [0.15, 0.2) is 5.96 Å². The number of alkyl carbamates (subject to hydrolysis) is 1. The summed E-state index contributed by atoms with van der Waals surface area (Å²) in [6.45, 7) is 6.99. The molecule has 0 unspecified atom stereocenters. The number of ether oxygens (including phenoxy) is 2. The summed E-state index contributed by atoms with van der Waals surface area (Å²) in [5, 5.41) is 18.9. The van der Waals surface area contributed by atoms with Gasteiger partial charge in [-0.3, -0.25) is 4.99 Å². The van der Waals surface area contributed by atoms with Crippen LogP contribution >= 0.6 is 24.0 Å². The van der Waals surface area contributed by atoms with Gasteiger partial charge in [-0.1, -0.05) is 0 Å². The monoisotopic (exact) mass is 494 g/mol. The van der Waals surface area contributed by atoms with Gasteiger partial charge in [-0.2, -0.15) is 0 Å². The average molecular weight is 494 g/mol. The summed E-state index contributed by atoms with van der Waals surface area (Å²) in [7, 11) is 3.25. The molecule has 8 nitrogen and oxygen atoms in total. The minimum atomic E-state index is -0.500. The molecule has 0 radical (unpaired) electrons. The second-order valence-electron chi connectivity index (χ2n) is 6.63. The van der Waals surface area contributed by atoms with E-state index in [0.29, 0.717) is 43.3 Å². The summed E-state index contributed by atoms with van der Waals surface area (Å²) in [6, 6.07) is 5.05. The van der Waals surface area contributed by atoms with E-state index in [0.717, 1.165) is 0 Å². The van der Waals surface area contributed by atoms with Gasteiger partial charge in [0.25, 0.3) is 0 Å². The summed E-state index contributed by atoms with van der Waals surface area (Å²) in [5.41, 5.74) is 0.207. The highest BCUT2D eigenvalue weighted by Crippen LogP contribution is 2.22. The average Bonchev–Trinajstić information content (AvgIpc) is 2.57. The minimum absolute atomic E-state index is 0. The normalized spacial score (nSPS) is 11.2. The van der Waals surface area contributed by atoms with Crippen LogP contribution in [0.2, 0.25) is 0 Å². The molecule has 0 spiro atoms. The van der Waals surface area contributed by atoms with Gasteiger partial charge in [0.05, 0.1) is 7.11 Å². The number of carbonyl (C=O) groups is 1. The summed E-state index contributed by atoms with van der Waals surface area (Å²) in [4.78, 5) is 15.7. The molecule has 1 aromatic rings. The number of aliphatic imine (C=N–C) groups is 1. The third-order valence-electron chi connectivity index (χ3n) is 3.27. The van der Waals surface area contributed by atoms with Crippen LogP contribution in [0, 0.1) is 0 Å². The first-order valence-corrected chi connectivity index (χ1v) is 8.52. The van der Waals surface area contributed by atoms with Crippen LogP contribution in [0.5, 0.6) is 11.5 Å². The Balaban J connectivity index is 0.00000676. The smallest absolute Gasteiger partial charge is 0.407 e. The molecule has 0 saturated heterocycles. The fourth-order valence-electron chi connectivity index (χ4n) is 2.03. The lowest BCUT2D eigenvalue weighted by atomic mass is 10.2. The van der Waals surface area contributed by atoms with E-state index < -0.39 is 11.7 Å². The summed E-state index contributed by atoms with van der Waals surface area (Å²) < 4.78 is 10.3. The molecule has 0 fully saturated rings. The first-order chi connectivity index (χ1) is 12.2. The van der Waals surface area contributed by atoms with Crippen LogP contribution < -0.4 is 20.7 Å². The Kier molecular flexibility index (Phi) is 11.6. The van der Waals surface area contributed by atoms with Gasteiger partial charge < -0.3 is 30.5 Å². The maximum Gasteiger partial charge on any atom is 0.407 e. The minimum Gasteiger partial charge on any atom is -0.508 e. The van der Waals surface area contributed by atoms with Crippen LogP contribution in [0.15, 0.2) is 23.2 Å². The largest absolute Gasteiger partial charge is 0.508 e. The number of nitrogens with one attached hydrogen (secondary N) is 3. The van der Waals surface area contributed by atoms with Gasteiger partial charge >= 0.3 is 6.09 Å². The van der Waals surface area contributed by atoms with E-state index >= 15 is 0 Å². The van der Waals surface area contributed by atoms with Gasteiger partial charge in [-0.25, -0.2) is 4.79 Å². The molecule has 0 atom stereocenters. The highest BCUT2D eigenvalue weighted by atomic mass is 127. The topological polar surface area (TPSA) is 104 Å². The highest BCUT2D eigenvalue weighted by molar-refractivity contribution is 14.0. The van der Waals surface area contributed by atoms with E-state index in [2.05, 4.69) is 20.9 Å². The Morgan fingerprint density at radius 3 is 2.44 bits per heavy atom. The van der Waals surface area contributed by atoms with Crippen LogP contribution in [0.25, 0.3) is 0 Å². The van der Waals surface area contributed by atoms with Crippen LogP contribution in [-0.2, 0) is 11.3 Å². The molecule has 1 aromatic carbocycles. The third kappa shape index (κ3) is 10.7. The predicted molar refractivity (Wildman–Crippen MR) is 117 cm³/mol. The molecule has 0 heterocycles. The van der Waals surface area contributed by atoms with Crippen molar-refractivity contribution in [2.75, 3.05) is 27.2 Å². The van der Waals surface area contributed by atoms with E-state index in [9.17, 15) is 9.90 Å². The summed E-state index contributed by atoms with van der Waals surface area (Å²) in [5.74, 6) is 1.47. The highest BCUT2D eigenvalue weighted by Gasteiger charge is 2.15. The lowest BCUT2D eigenvalue weighted by Gasteiger charge is -2.19. The first-order valence-electron chi connectivity index (χ1n) is 8.52. The van der Waals surface area contributed by atoms with Crippen LogP contribution in [0.1, 0.15) is 32.8 Å². The van der Waals surface area contributed by atoms with Gasteiger partial charge in [0.1, 0.15) is 17.1 Å². The number of phenolic OH excluding ortho intramolecular Hbond substituents is 1. The van der Waals surface area contributed by atoms with Crippen molar-refractivity contribution in [3.63, 3.8) is 0 Å². The van der Waals surface area contributed by atoms with E-state index in [4.69, 9.17) is 9.47 Å². The van der Waals surface area contributed by atoms with Gasteiger partial charge in [0, 0.05) is 32.2 Å². The molecule has 0 aliphatic rings. The van der Waals surface area contributed by atoms with Crippen molar-refractivity contribution in [2.45, 2.75) is 39.3 Å². The van der Waals surface area contributed by atoms with Crippen LogP contribution in [0.4, 0.5) is 4.79 Å². The Morgan fingerprint density at radius 1 is 1.19 bits per heavy atom. The molecule has 27 heavy (non-hydrogen) atoms. The molecular weight excluding hydrogens is 463 g/mol. The number of aromatic hydroxyl groups is 1. The quantitative estimate of drug-likeness (QED) is 0.201. The zero-order valence-corrected chi connectivity index (χ0v) is 18.9. The van der Waals surface area contributed by atoms with Crippen molar-refractivity contribution in [1.29, 1.82) is 0 Å². The number of methoxy groups -OCH3 is 1. The Morgan fingerprint density at radius 2 is 1.85 bits per heavy atom. The number of hydrogen-bond acceptors (Lipinski definition) is 5. The van der Waals surface area contributed by atoms with Gasteiger partial charge in [0.2, 0.25) is 0 Å². The van der Waals surface area contributed by atoms with Crippen LogP contribution in [-0.4, -0.2) is 50.0 Å². The fourth-order valence-corrected chi connectivity index (χ4v) is 2.03. The van der Waals surface area contributed by atoms with E-state index in [1.54, 1.807) is 32.4 Å². The maximum absolute atomic E-state index is 11.5. The van der Waals surface area contributed by atoms with Gasteiger partial charge in [-0.05, 0) is 45.4 Å². The standard InChI is InChI=1S/C18H30N4O4.HI/c1-18(2,3)26-17(24)21-10-6-9-20-16(19-4)22-12-13-11-14(25-5)7-8-15(13)23;/h7-8,11,23H,6,9-10,12H2,1-5H3,(H,21,24)(H2,19,20,22);1H. The van der Waals surface area contributed by atoms with Crippen molar-refractivity contribution >= 4 is 36.0 Å². The Labute approximate surface area is 178 Å². The predicted octanol–water partition coefficient (Wildman–Crippen LogP) is 2.60. The van der Waals surface area contributed by atoms with Gasteiger partial charge in [-0.15, -0.1) is 24.0 Å². The molecule has 0 aromatic heterocycles. The third-order valence-corrected chi connectivity index (χ3v) is 3.27. The number of guanidine groups is 1. The Bertz CT molecular complexity index is 618. The molecule has 1 rings (SSSR count). The van der Waals surface area contributed by atoms with Crippen molar-refractivity contribution in [1.82, 2.24) is 16.0 Å². The zero-order valence-electron chi connectivity index (χ0n) is 16.6. The van der Waals surface area contributed by atoms with Crippen LogP contribution in [0.3, 0.4) is 0 Å². The molecular formula is C18H31IN4O4. The zero-order chi connectivity index (χ0) is 19.6. The Hall–Kier alpha value is -1.91. The molecule has 0 saturated carbocycles. The number of benzene rings is 1. The molecule has 9 heteroatoms. The molecule has 1 amide bonds.